The summed E-state index contributed by atoms with van der Waals surface area (Å²) in [4.78, 5) is 22.6. The first-order valence-corrected chi connectivity index (χ1v) is 11.0. The van der Waals surface area contributed by atoms with Crippen LogP contribution in [0.1, 0.15) is 39.3 Å². The highest BCUT2D eigenvalue weighted by atomic mass is 16.7. The van der Waals surface area contributed by atoms with E-state index >= 15 is 0 Å². The molecule has 2 aromatic carbocycles. The zero-order chi connectivity index (χ0) is 22.2. The van der Waals surface area contributed by atoms with E-state index in [1.54, 1.807) is 6.20 Å². The van der Waals surface area contributed by atoms with E-state index in [0.29, 0.717) is 12.1 Å². The van der Waals surface area contributed by atoms with Crippen molar-refractivity contribution in [3.05, 3.63) is 94.9 Å². The first-order chi connectivity index (χ1) is 16.3. The van der Waals surface area contributed by atoms with Gasteiger partial charge in [-0.3, -0.25) is 9.78 Å². The van der Waals surface area contributed by atoms with Gasteiger partial charge in [0.05, 0.1) is 29.0 Å². The molecular formula is C27H21N3O3. The maximum atomic E-state index is 13.4. The largest absolute Gasteiger partial charge is 0.454 e. The Morgan fingerprint density at radius 2 is 1.88 bits per heavy atom. The lowest BCUT2D eigenvalue weighted by atomic mass is 10.00. The molecule has 0 atom stereocenters. The summed E-state index contributed by atoms with van der Waals surface area (Å²) in [5.41, 5.74) is 6.39. The topological polar surface area (TPSA) is 73.3 Å². The second kappa shape index (κ2) is 8.06. The van der Waals surface area contributed by atoms with Crippen LogP contribution in [-0.2, 0) is 13.0 Å². The molecule has 6 heteroatoms. The fourth-order valence-electron chi connectivity index (χ4n) is 4.50. The molecule has 6 rings (SSSR count). The number of benzene rings is 2. The van der Waals surface area contributed by atoms with Crippen LogP contribution in [0.15, 0.2) is 66.9 Å². The van der Waals surface area contributed by atoms with Crippen LogP contribution in [0, 0.1) is 0 Å². The number of carbonyl (C=O) groups excluding carboxylic acids is 1. The predicted octanol–water partition coefficient (Wildman–Crippen LogP) is 4.78. The minimum atomic E-state index is -0.0974. The van der Waals surface area contributed by atoms with Gasteiger partial charge in [-0.1, -0.05) is 30.3 Å². The molecule has 0 saturated heterocycles. The highest BCUT2D eigenvalue weighted by Crippen LogP contribution is 2.39. The Bertz CT molecular complexity index is 1410. The summed E-state index contributed by atoms with van der Waals surface area (Å²) in [5.74, 6) is 1.42. The standard InChI is InChI=1S/C27H21N3O3/c31-27(29-15-19-5-3-4-12-28-19)25-20-6-1-2-7-22(20)30-26-18(9-10-21(25)26)13-17-8-11-23-24(14-17)33-16-32-23/h1-8,11-14H,9-10,15-16H2,(H,29,31)/b18-13+. The zero-order valence-electron chi connectivity index (χ0n) is 17.9. The number of aromatic nitrogens is 2. The number of rotatable bonds is 4. The average molecular weight is 435 g/mol. The summed E-state index contributed by atoms with van der Waals surface area (Å²) in [6.07, 6.45) is 5.46. The Labute approximate surface area is 190 Å². The maximum Gasteiger partial charge on any atom is 0.252 e. The van der Waals surface area contributed by atoms with E-state index in [-0.39, 0.29) is 12.7 Å². The number of ether oxygens (including phenoxy) is 2. The second-order valence-electron chi connectivity index (χ2n) is 8.12. The fraction of sp³-hybridized carbons (Fsp3) is 0.148. The number of hydrogen-bond acceptors (Lipinski definition) is 5. The van der Waals surface area contributed by atoms with Gasteiger partial charge in [-0.15, -0.1) is 0 Å². The van der Waals surface area contributed by atoms with E-state index < -0.39 is 0 Å². The Kier molecular flexibility index (Phi) is 4.76. The molecule has 1 amide bonds. The number of nitrogens with one attached hydrogen (secondary N) is 1. The number of fused-ring (bicyclic) bond motifs is 3. The number of pyridine rings is 2. The van der Waals surface area contributed by atoms with Gasteiger partial charge >= 0.3 is 0 Å². The van der Waals surface area contributed by atoms with E-state index in [9.17, 15) is 4.79 Å². The highest BCUT2D eigenvalue weighted by molar-refractivity contribution is 6.09. The zero-order valence-corrected chi connectivity index (χ0v) is 17.9. The van der Waals surface area contributed by atoms with Crippen molar-refractivity contribution >= 4 is 28.5 Å². The van der Waals surface area contributed by atoms with Crippen molar-refractivity contribution in [1.82, 2.24) is 15.3 Å². The summed E-state index contributed by atoms with van der Waals surface area (Å²) in [7, 11) is 0. The highest BCUT2D eigenvalue weighted by Gasteiger charge is 2.27. The van der Waals surface area contributed by atoms with Crippen LogP contribution < -0.4 is 14.8 Å². The van der Waals surface area contributed by atoms with Crippen molar-refractivity contribution in [3.8, 4) is 11.5 Å². The number of amides is 1. The minimum Gasteiger partial charge on any atom is -0.454 e. The van der Waals surface area contributed by atoms with Gasteiger partial charge in [0.15, 0.2) is 11.5 Å². The molecule has 0 bridgehead atoms. The van der Waals surface area contributed by atoms with Crippen LogP contribution in [0.5, 0.6) is 11.5 Å². The lowest BCUT2D eigenvalue weighted by Gasteiger charge is -2.13. The van der Waals surface area contributed by atoms with Gasteiger partial charge in [0, 0.05) is 11.6 Å². The number of carbonyl (C=O) groups is 1. The van der Waals surface area contributed by atoms with Crippen LogP contribution >= 0.6 is 0 Å². The van der Waals surface area contributed by atoms with Crippen LogP contribution in [0.2, 0.25) is 0 Å². The third-order valence-electron chi connectivity index (χ3n) is 6.06. The van der Waals surface area contributed by atoms with E-state index in [1.165, 1.54) is 0 Å². The van der Waals surface area contributed by atoms with E-state index in [0.717, 1.165) is 63.3 Å². The molecule has 0 radical (unpaired) electrons. The van der Waals surface area contributed by atoms with E-state index in [1.807, 2.05) is 60.7 Å². The lowest BCUT2D eigenvalue weighted by molar-refractivity contribution is 0.0951. The molecule has 1 N–H and O–H groups in total. The van der Waals surface area contributed by atoms with Gasteiger partial charge in [0.25, 0.3) is 5.91 Å². The van der Waals surface area contributed by atoms with Gasteiger partial charge in [0.1, 0.15) is 0 Å². The molecule has 2 aromatic heterocycles. The fourth-order valence-corrected chi connectivity index (χ4v) is 4.50. The van der Waals surface area contributed by atoms with Crippen molar-refractivity contribution in [3.63, 3.8) is 0 Å². The quantitative estimate of drug-likeness (QED) is 0.500. The van der Waals surface area contributed by atoms with Crippen molar-refractivity contribution in [2.75, 3.05) is 6.79 Å². The smallest absolute Gasteiger partial charge is 0.252 e. The molecule has 3 heterocycles. The Balaban J connectivity index is 1.39. The molecule has 0 unspecified atom stereocenters. The van der Waals surface area contributed by atoms with Crippen LogP contribution in [0.4, 0.5) is 0 Å². The number of nitrogens with zero attached hydrogens (tertiary/aromatic N) is 2. The van der Waals surface area contributed by atoms with Crippen molar-refractivity contribution < 1.29 is 14.3 Å². The summed E-state index contributed by atoms with van der Waals surface area (Å²) < 4.78 is 10.9. The Morgan fingerprint density at radius 1 is 1.00 bits per heavy atom. The molecule has 1 aliphatic heterocycles. The van der Waals surface area contributed by atoms with E-state index in [2.05, 4.69) is 16.4 Å². The van der Waals surface area contributed by atoms with Crippen molar-refractivity contribution in [2.24, 2.45) is 0 Å². The van der Waals surface area contributed by atoms with Crippen LogP contribution in [0.25, 0.3) is 22.6 Å². The lowest BCUT2D eigenvalue weighted by Crippen LogP contribution is -2.25. The minimum absolute atomic E-state index is 0.0974. The first kappa shape index (κ1) is 19.5. The second-order valence-corrected chi connectivity index (χ2v) is 8.12. The predicted molar refractivity (Wildman–Crippen MR) is 126 cm³/mol. The molecule has 162 valence electrons. The van der Waals surface area contributed by atoms with Gasteiger partial charge < -0.3 is 14.8 Å². The first-order valence-electron chi connectivity index (χ1n) is 11.0. The summed E-state index contributed by atoms with van der Waals surface area (Å²) in [5, 5.41) is 3.92. The van der Waals surface area contributed by atoms with Crippen LogP contribution in [0.3, 0.4) is 0 Å². The summed E-state index contributed by atoms with van der Waals surface area (Å²) >= 11 is 0. The Hall–Kier alpha value is -4.19. The molecule has 6 nitrogen and oxygen atoms in total. The molecular weight excluding hydrogens is 414 g/mol. The third kappa shape index (κ3) is 3.59. The van der Waals surface area contributed by atoms with E-state index in [4.69, 9.17) is 14.5 Å². The van der Waals surface area contributed by atoms with Crippen molar-refractivity contribution in [1.29, 1.82) is 0 Å². The van der Waals surface area contributed by atoms with Gasteiger partial charge in [-0.2, -0.15) is 0 Å². The van der Waals surface area contributed by atoms with Gasteiger partial charge in [0.2, 0.25) is 6.79 Å². The number of para-hydroxylation sites is 1. The number of hydrogen-bond donors (Lipinski definition) is 1. The normalized spacial score (nSPS) is 15.1. The molecule has 0 fully saturated rings. The molecule has 2 aliphatic rings. The molecule has 0 spiro atoms. The summed E-state index contributed by atoms with van der Waals surface area (Å²) in [6, 6.07) is 19.4. The average Bonchev–Trinajstić information content (AvgIpc) is 3.48. The SMILES string of the molecule is O=C(NCc1ccccn1)c1c2c(nc3ccccc13)/C(=C/c1ccc3c(c1)OCO3)CC2. The van der Waals surface area contributed by atoms with Crippen molar-refractivity contribution in [2.45, 2.75) is 19.4 Å². The van der Waals surface area contributed by atoms with Crippen LogP contribution in [-0.4, -0.2) is 22.7 Å². The summed E-state index contributed by atoms with van der Waals surface area (Å²) in [6.45, 7) is 0.633. The molecule has 1 aliphatic carbocycles. The third-order valence-corrected chi connectivity index (χ3v) is 6.06. The molecule has 33 heavy (non-hydrogen) atoms. The monoisotopic (exact) mass is 435 g/mol. The Morgan fingerprint density at radius 3 is 2.79 bits per heavy atom. The van der Waals surface area contributed by atoms with Gasteiger partial charge in [-0.25, -0.2) is 4.98 Å². The molecule has 4 aromatic rings. The van der Waals surface area contributed by atoms with Gasteiger partial charge in [-0.05, 0) is 65.9 Å². The molecule has 0 saturated carbocycles. The maximum absolute atomic E-state index is 13.4. The number of allylic oxidation sites excluding steroid dienone is 1.